The van der Waals surface area contributed by atoms with E-state index in [0.29, 0.717) is 17.8 Å². The van der Waals surface area contributed by atoms with E-state index in [-0.39, 0.29) is 0 Å². The minimum atomic E-state index is 0.473. The molecule has 1 aromatic heterocycles. The fraction of sp³-hybridized carbons (Fsp3) is 0.389. The van der Waals surface area contributed by atoms with Crippen LogP contribution in [-0.4, -0.2) is 11.0 Å². The minimum absolute atomic E-state index is 0.473. The van der Waals surface area contributed by atoms with Crippen LogP contribution in [0.25, 0.3) is 0 Å². The number of rotatable bonds is 6. The lowest BCUT2D eigenvalue weighted by Gasteiger charge is -2.10. The quantitative estimate of drug-likeness (QED) is 0.848. The molecule has 0 bridgehead atoms. The van der Waals surface area contributed by atoms with Gasteiger partial charge in [0.2, 0.25) is 5.88 Å². The first kappa shape index (κ1) is 15.5. The van der Waals surface area contributed by atoms with Gasteiger partial charge in [-0.3, -0.25) is 0 Å². The van der Waals surface area contributed by atoms with Crippen molar-refractivity contribution < 1.29 is 4.74 Å². The largest absolute Gasteiger partial charge is 0.439 e. The lowest BCUT2D eigenvalue weighted by atomic mass is 10.0. The van der Waals surface area contributed by atoms with Gasteiger partial charge in [-0.15, -0.1) is 0 Å². The van der Waals surface area contributed by atoms with Gasteiger partial charge >= 0.3 is 0 Å². The van der Waals surface area contributed by atoms with Gasteiger partial charge in [-0.25, -0.2) is 4.98 Å². The maximum Gasteiger partial charge on any atom is 0.219 e. The second-order valence-electron chi connectivity index (χ2n) is 5.87. The summed E-state index contributed by atoms with van der Waals surface area (Å²) >= 11 is 0. The fourth-order valence-corrected chi connectivity index (χ4v) is 1.94. The Balaban J connectivity index is 1.96. The van der Waals surface area contributed by atoms with Crippen LogP contribution in [0.3, 0.4) is 0 Å². The number of hydrogen-bond donors (Lipinski definition) is 1. The number of benzene rings is 1. The van der Waals surface area contributed by atoms with Crippen LogP contribution < -0.4 is 10.1 Å². The molecule has 1 aromatic carbocycles. The van der Waals surface area contributed by atoms with Gasteiger partial charge in [0.1, 0.15) is 5.75 Å². The van der Waals surface area contributed by atoms with E-state index in [0.717, 1.165) is 17.9 Å². The molecule has 2 aromatic rings. The zero-order chi connectivity index (χ0) is 15.2. The van der Waals surface area contributed by atoms with Crippen LogP contribution in [0.1, 0.15) is 44.7 Å². The molecular formula is C18H24N2O. The number of aromatic nitrogens is 1. The highest BCUT2D eigenvalue weighted by Gasteiger charge is 2.02. The van der Waals surface area contributed by atoms with Crippen LogP contribution in [0.4, 0.5) is 0 Å². The van der Waals surface area contributed by atoms with Crippen LogP contribution in [0, 0.1) is 0 Å². The van der Waals surface area contributed by atoms with Crippen molar-refractivity contribution in [1.82, 2.24) is 10.3 Å². The van der Waals surface area contributed by atoms with Gasteiger partial charge < -0.3 is 10.1 Å². The molecule has 1 N–H and O–H groups in total. The van der Waals surface area contributed by atoms with Gasteiger partial charge in [0.05, 0.1) is 0 Å². The third kappa shape index (κ3) is 4.87. The molecule has 21 heavy (non-hydrogen) atoms. The summed E-state index contributed by atoms with van der Waals surface area (Å²) in [5.41, 5.74) is 2.47. The minimum Gasteiger partial charge on any atom is -0.439 e. The van der Waals surface area contributed by atoms with E-state index in [9.17, 15) is 0 Å². The summed E-state index contributed by atoms with van der Waals surface area (Å²) in [6.07, 6.45) is 1.85. The van der Waals surface area contributed by atoms with Crippen molar-refractivity contribution in [2.45, 2.75) is 46.2 Å². The van der Waals surface area contributed by atoms with Crippen molar-refractivity contribution in [3.8, 4) is 11.6 Å². The highest BCUT2D eigenvalue weighted by molar-refractivity contribution is 5.32. The van der Waals surface area contributed by atoms with Crippen LogP contribution >= 0.6 is 0 Å². The summed E-state index contributed by atoms with van der Waals surface area (Å²) in [7, 11) is 0. The molecule has 2 rings (SSSR count). The van der Waals surface area contributed by atoms with E-state index in [1.165, 1.54) is 5.56 Å². The van der Waals surface area contributed by atoms with Gasteiger partial charge in [0, 0.05) is 24.8 Å². The molecular weight excluding hydrogens is 260 g/mol. The number of hydrogen-bond acceptors (Lipinski definition) is 3. The van der Waals surface area contributed by atoms with Crippen LogP contribution in [0.15, 0.2) is 42.6 Å². The van der Waals surface area contributed by atoms with Crippen molar-refractivity contribution >= 4 is 0 Å². The Kier molecular flexibility index (Phi) is 5.34. The molecule has 0 fully saturated rings. The third-order valence-corrected chi connectivity index (χ3v) is 3.28. The Morgan fingerprint density at radius 1 is 1.00 bits per heavy atom. The van der Waals surface area contributed by atoms with Gasteiger partial charge in [0.15, 0.2) is 0 Å². The summed E-state index contributed by atoms with van der Waals surface area (Å²) in [6.45, 7) is 9.45. The highest BCUT2D eigenvalue weighted by atomic mass is 16.5. The second kappa shape index (κ2) is 7.23. The van der Waals surface area contributed by atoms with Gasteiger partial charge in [-0.2, -0.15) is 0 Å². The molecule has 1 heterocycles. The summed E-state index contributed by atoms with van der Waals surface area (Å²) < 4.78 is 5.76. The Morgan fingerprint density at radius 3 is 2.24 bits per heavy atom. The number of nitrogens with zero attached hydrogens (tertiary/aromatic N) is 1. The Hall–Kier alpha value is -1.87. The first-order valence-electron chi connectivity index (χ1n) is 7.50. The molecule has 3 heteroatoms. The van der Waals surface area contributed by atoms with Crippen molar-refractivity contribution in [3.05, 3.63) is 53.7 Å². The summed E-state index contributed by atoms with van der Waals surface area (Å²) in [5.74, 6) is 1.98. The smallest absolute Gasteiger partial charge is 0.219 e. The molecule has 0 spiro atoms. The van der Waals surface area contributed by atoms with Gasteiger partial charge in [-0.05, 0) is 29.2 Å². The summed E-state index contributed by atoms with van der Waals surface area (Å²) in [6, 6.07) is 12.6. The first-order valence-corrected chi connectivity index (χ1v) is 7.50. The first-order chi connectivity index (χ1) is 10.0. The van der Waals surface area contributed by atoms with Crippen molar-refractivity contribution in [1.29, 1.82) is 0 Å². The highest BCUT2D eigenvalue weighted by Crippen LogP contribution is 2.22. The van der Waals surface area contributed by atoms with E-state index in [4.69, 9.17) is 4.74 Å². The molecule has 0 saturated carbocycles. The SMILES string of the molecule is CC(C)NCc1ccc(Oc2ccc(C(C)C)cc2)nc1. The molecule has 0 atom stereocenters. The maximum atomic E-state index is 5.76. The van der Waals surface area contributed by atoms with E-state index in [1.54, 1.807) is 0 Å². The molecule has 0 unspecified atom stereocenters. The topological polar surface area (TPSA) is 34.1 Å². The molecule has 0 saturated heterocycles. The van der Waals surface area contributed by atoms with Gasteiger partial charge in [-0.1, -0.05) is 45.9 Å². The monoisotopic (exact) mass is 284 g/mol. The second-order valence-corrected chi connectivity index (χ2v) is 5.87. The van der Waals surface area contributed by atoms with Crippen LogP contribution in [-0.2, 0) is 6.54 Å². The Bertz CT molecular complexity index is 544. The van der Waals surface area contributed by atoms with Crippen molar-refractivity contribution in [2.75, 3.05) is 0 Å². The average Bonchev–Trinajstić information content (AvgIpc) is 2.47. The zero-order valence-electron chi connectivity index (χ0n) is 13.3. The normalized spacial score (nSPS) is 11.1. The Labute approximate surface area is 127 Å². The van der Waals surface area contributed by atoms with Crippen LogP contribution in [0.5, 0.6) is 11.6 Å². The van der Waals surface area contributed by atoms with E-state index in [2.05, 4.69) is 50.1 Å². The lowest BCUT2D eigenvalue weighted by molar-refractivity contribution is 0.462. The fourth-order valence-electron chi connectivity index (χ4n) is 1.94. The van der Waals surface area contributed by atoms with E-state index in [1.807, 2.05) is 30.5 Å². The Morgan fingerprint density at radius 2 is 1.71 bits per heavy atom. The van der Waals surface area contributed by atoms with E-state index >= 15 is 0 Å². The van der Waals surface area contributed by atoms with Crippen molar-refractivity contribution in [3.63, 3.8) is 0 Å². The molecule has 0 aliphatic carbocycles. The molecule has 3 nitrogen and oxygen atoms in total. The predicted molar refractivity (Wildman–Crippen MR) is 86.8 cm³/mol. The molecule has 0 amide bonds. The lowest BCUT2D eigenvalue weighted by Crippen LogP contribution is -2.21. The number of ether oxygens (including phenoxy) is 1. The maximum absolute atomic E-state index is 5.76. The standard InChI is InChI=1S/C18H24N2O/c1-13(2)16-6-8-17(9-7-16)21-18-10-5-15(12-20-18)11-19-14(3)4/h5-10,12-14,19H,11H2,1-4H3. The molecule has 0 radical (unpaired) electrons. The van der Waals surface area contributed by atoms with Crippen LogP contribution in [0.2, 0.25) is 0 Å². The number of nitrogens with one attached hydrogen (secondary N) is 1. The zero-order valence-corrected chi connectivity index (χ0v) is 13.3. The predicted octanol–water partition coefficient (Wildman–Crippen LogP) is 4.50. The molecule has 0 aliphatic rings. The van der Waals surface area contributed by atoms with Gasteiger partial charge in [0.25, 0.3) is 0 Å². The van der Waals surface area contributed by atoms with E-state index < -0.39 is 0 Å². The molecule has 0 aliphatic heterocycles. The third-order valence-electron chi connectivity index (χ3n) is 3.28. The average molecular weight is 284 g/mol. The number of pyridine rings is 1. The summed E-state index contributed by atoms with van der Waals surface area (Å²) in [5, 5.41) is 3.37. The summed E-state index contributed by atoms with van der Waals surface area (Å²) in [4.78, 5) is 4.35. The molecule has 112 valence electrons. The van der Waals surface area contributed by atoms with Crippen molar-refractivity contribution in [2.24, 2.45) is 0 Å².